The van der Waals surface area contributed by atoms with Gasteiger partial charge in [-0.25, -0.2) is 4.79 Å². The predicted molar refractivity (Wildman–Crippen MR) is 96.6 cm³/mol. The molecular weight excluding hydrogens is 336 g/mol. The van der Waals surface area contributed by atoms with E-state index in [0.717, 1.165) is 17.5 Å². The molecule has 0 radical (unpaired) electrons. The Morgan fingerprint density at radius 3 is 2.69 bits per heavy atom. The van der Waals surface area contributed by atoms with E-state index in [2.05, 4.69) is 19.1 Å². The molecule has 0 aliphatic carbocycles. The number of esters is 2. The van der Waals surface area contributed by atoms with E-state index in [0.29, 0.717) is 12.2 Å². The second-order valence-corrected chi connectivity index (χ2v) is 6.23. The smallest absolute Gasteiger partial charge is 0.335 e. The standard InChI is InChI=1S/C20H26O6/c1-5-6-7-15-8-9-17(13(2)10-15)25-19-12-16(24-14(3)21)11-18(26-19)20(22)23-4/h6-10,16,18-19H,5,11-12H2,1-4H3/b7-6+/t16-,18-,19?/m0/s1. The molecule has 1 heterocycles. The first-order chi connectivity index (χ1) is 12.4. The van der Waals surface area contributed by atoms with Crippen molar-refractivity contribution in [3.63, 3.8) is 0 Å². The van der Waals surface area contributed by atoms with Crippen molar-refractivity contribution in [3.8, 4) is 5.75 Å². The Morgan fingerprint density at radius 1 is 1.31 bits per heavy atom. The summed E-state index contributed by atoms with van der Waals surface area (Å²) in [6.07, 6.45) is 3.74. The SMILES string of the molecule is CC/C=C/c1ccc(OC2C[C@@H](OC(C)=O)C[C@@H](C(=O)OC)O2)c(C)c1. The third-order valence-corrected chi connectivity index (χ3v) is 4.05. The molecule has 0 bridgehead atoms. The molecule has 1 aromatic rings. The van der Waals surface area contributed by atoms with Gasteiger partial charge < -0.3 is 18.9 Å². The molecule has 6 nitrogen and oxygen atoms in total. The highest BCUT2D eigenvalue weighted by Crippen LogP contribution is 2.28. The van der Waals surface area contributed by atoms with Crippen molar-refractivity contribution in [1.82, 2.24) is 0 Å². The van der Waals surface area contributed by atoms with Crippen molar-refractivity contribution in [3.05, 3.63) is 35.4 Å². The number of aryl methyl sites for hydroxylation is 1. The van der Waals surface area contributed by atoms with Crippen LogP contribution in [0.1, 0.15) is 44.2 Å². The Hall–Kier alpha value is -2.34. The van der Waals surface area contributed by atoms with Gasteiger partial charge in [0.15, 0.2) is 6.10 Å². The monoisotopic (exact) mass is 362 g/mol. The van der Waals surface area contributed by atoms with Crippen molar-refractivity contribution in [2.45, 2.75) is 58.5 Å². The number of carbonyl (C=O) groups is 2. The Bertz CT molecular complexity index is 666. The zero-order chi connectivity index (χ0) is 19.1. The summed E-state index contributed by atoms with van der Waals surface area (Å²) in [5.74, 6) is -0.245. The maximum Gasteiger partial charge on any atom is 0.335 e. The van der Waals surface area contributed by atoms with E-state index in [1.165, 1.54) is 14.0 Å². The highest BCUT2D eigenvalue weighted by Gasteiger charge is 2.37. The van der Waals surface area contributed by atoms with Crippen molar-refractivity contribution < 1.29 is 28.5 Å². The van der Waals surface area contributed by atoms with Crippen LogP contribution in [-0.4, -0.2) is 37.5 Å². The summed E-state index contributed by atoms with van der Waals surface area (Å²) in [5.41, 5.74) is 2.04. The lowest BCUT2D eigenvalue weighted by molar-refractivity contribution is -0.204. The summed E-state index contributed by atoms with van der Waals surface area (Å²) >= 11 is 0. The minimum Gasteiger partial charge on any atom is -0.467 e. The zero-order valence-electron chi connectivity index (χ0n) is 15.7. The van der Waals surface area contributed by atoms with E-state index in [1.807, 2.05) is 25.1 Å². The summed E-state index contributed by atoms with van der Waals surface area (Å²) in [6, 6.07) is 5.85. The number of hydrogen-bond donors (Lipinski definition) is 0. The van der Waals surface area contributed by atoms with Gasteiger partial charge in [0.2, 0.25) is 6.29 Å². The van der Waals surface area contributed by atoms with Gasteiger partial charge in [0, 0.05) is 19.8 Å². The van der Waals surface area contributed by atoms with E-state index in [4.69, 9.17) is 18.9 Å². The van der Waals surface area contributed by atoms with Crippen LogP contribution in [0.3, 0.4) is 0 Å². The fourth-order valence-corrected chi connectivity index (χ4v) is 2.84. The van der Waals surface area contributed by atoms with Gasteiger partial charge in [0.25, 0.3) is 0 Å². The van der Waals surface area contributed by atoms with Crippen LogP contribution in [0.4, 0.5) is 0 Å². The molecule has 0 amide bonds. The van der Waals surface area contributed by atoms with Crippen LogP contribution < -0.4 is 4.74 Å². The highest BCUT2D eigenvalue weighted by molar-refractivity contribution is 5.74. The average Bonchev–Trinajstić information content (AvgIpc) is 2.60. The molecule has 0 aromatic heterocycles. The normalized spacial score (nSPS) is 22.8. The zero-order valence-corrected chi connectivity index (χ0v) is 15.7. The molecule has 1 saturated heterocycles. The summed E-state index contributed by atoms with van der Waals surface area (Å²) in [7, 11) is 1.30. The summed E-state index contributed by atoms with van der Waals surface area (Å²) in [6.45, 7) is 5.37. The highest BCUT2D eigenvalue weighted by atomic mass is 16.7. The predicted octanol–water partition coefficient (Wildman–Crippen LogP) is 3.41. The quantitative estimate of drug-likeness (QED) is 0.722. The van der Waals surface area contributed by atoms with E-state index in [-0.39, 0.29) is 6.42 Å². The number of ether oxygens (including phenoxy) is 4. The summed E-state index contributed by atoms with van der Waals surface area (Å²) in [4.78, 5) is 23.1. The Kier molecular flexibility index (Phi) is 7.21. The topological polar surface area (TPSA) is 71.1 Å². The molecule has 0 saturated carbocycles. The van der Waals surface area contributed by atoms with Gasteiger partial charge in [0.1, 0.15) is 11.9 Å². The van der Waals surface area contributed by atoms with Gasteiger partial charge in [-0.05, 0) is 36.6 Å². The van der Waals surface area contributed by atoms with Crippen molar-refractivity contribution in [1.29, 1.82) is 0 Å². The van der Waals surface area contributed by atoms with Crippen molar-refractivity contribution in [2.75, 3.05) is 7.11 Å². The van der Waals surface area contributed by atoms with Gasteiger partial charge >= 0.3 is 11.9 Å². The van der Waals surface area contributed by atoms with Gasteiger partial charge in [-0.15, -0.1) is 0 Å². The number of benzene rings is 1. The first kappa shape index (κ1) is 20.0. The lowest BCUT2D eigenvalue weighted by Crippen LogP contribution is -2.44. The maximum absolute atomic E-state index is 11.9. The molecule has 1 aliphatic heterocycles. The molecule has 0 spiro atoms. The first-order valence-electron chi connectivity index (χ1n) is 8.77. The maximum atomic E-state index is 11.9. The van der Waals surface area contributed by atoms with Crippen LogP contribution in [0.2, 0.25) is 0 Å². The Balaban J connectivity index is 2.11. The van der Waals surface area contributed by atoms with Crippen LogP contribution in [0.5, 0.6) is 5.75 Å². The van der Waals surface area contributed by atoms with Gasteiger partial charge in [-0.2, -0.15) is 0 Å². The van der Waals surface area contributed by atoms with E-state index >= 15 is 0 Å². The molecule has 142 valence electrons. The van der Waals surface area contributed by atoms with Crippen LogP contribution in [0.15, 0.2) is 24.3 Å². The van der Waals surface area contributed by atoms with Crippen LogP contribution in [-0.2, 0) is 23.8 Å². The van der Waals surface area contributed by atoms with E-state index in [1.54, 1.807) is 0 Å². The molecular formula is C20H26O6. The fraction of sp³-hybridized carbons (Fsp3) is 0.500. The second kappa shape index (κ2) is 9.38. The molecule has 0 N–H and O–H groups in total. The van der Waals surface area contributed by atoms with Gasteiger partial charge in [0.05, 0.1) is 7.11 Å². The number of rotatable bonds is 6. The van der Waals surface area contributed by atoms with Crippen molar-refractivity contribution >= 4 is 18.0 Å². The molecule has 1 aromatic carbocycles. The number of methoxy groups -OCH3 is 1. The molecule has 1 aliphatic rings. The molecule has 1 fully saturated rings. The largest absolute Gasteiger partial charge is 0.467 e. The third kappa shape index (κ3) is 5.59. The summed E-state index contributed by atoms with van der Waals surface area (Å²) < 4.78 is 21.7. The first-order valence-corrected chi connectivity index (χ1v) is 8.77. The van der Waals surface area contributed by atoms with Crippen LogP contribution in [0, 0.1) is 6.92 Å². The molecule has 3 atom stereocenters. The fourth-order valence-electron chi connectivity index (χ4n) is 2.84. The minimum absolute atomic E-state index is 0.256. The van der Waals surface area contributed by atoms with Gasteiger partial charge in [-0.3, -0.25) is 4.79 Å². The van der Waals surface area contributed by atoms with E-state index < -0.39 is 30.4 Å². The summed E-state index contributed by atoms with van der Waals surface area (Å²) in [5, 5.41) is 0. The number of carbonyl (C=O) groups excluding carboxylic acids is 2. The van der Waals surface area contributed by atoms with Crippen LogP contribution in [0.25, 0.3) is 6.08 Å². The number of hydrogen-bond acceptors (Lipinski definition) is 6. The molecule has 6 heteroatoms. The third-order valence-electron chi connectivity index (χ3n) is 4.05. The van der Waals surface area contributed by atoms with Crippen LogP contribution >= 0.6 is 0 Å². The lowest BCUT2D eigenvalue weighted by Gasteiger charge is -2.33. The Morgan fingerprint density at radius 2 is 2.08 bits per heavy atom. The lowest BCUT2D eigenvalue weighted by atomic mass is 10.0. The van der Waals surface area contributed by atoms with Crippen molar-refractivity contribution in [2.24, 2.45) is 0 Å². The number of allylic oxidation sites excluding steroid dienone is 1. The second-order valence-electron chi connectivity index (χ2n) is 6.23. The molecule has 26 heavy (non-hydrogen) atoms. The average molecular weight is 362 g/mol. The van der Waals surface area contributed by atoms with Gasteiger partial charge in [-0.1, -0.05) is 25.1 Å². The molecule has 1 unspecified atom stereocenters. The molecule has 2 rings (SSSR count). The minimum atomic E-state index is -0.824. The Labute approximate surface area is 154 Å². The van der Waals surface area contributed by atoms with E-state index in [9.17, 15) is 9.59 Å².